The second-order valence-electron chi connectivity index (χ2n) is 7.46. The quantitative estimate of drug-likeness (QED) is 0.336. The van der Waals surface area contributed by atoms with Gasteiger partial charge in [0.05, 0.1) is 0 Å². The normalized spacial score (nSPS) is 15.5. The van der Waals surface area contributed by atoms with Crippen LogP contribution in [0, 0.1) is 0 Å². The van der Waals surface area contributed by atoms with Crippen LogP contribution in [0.2, 0.25) is 0 Å². The Kier molecular flexibility index (Phi) is 8.39. The van der Waals surface area contributed by atoms with Crippen LogP contribution in [0.3, 0.4) is 0 Å². The zero-order chi connectivity index (χ0) is 20.8. The molecule has 2 N–H and O–H groups in total. The summed E-state index contributed by atoms with van der Waals surface area (Å²) in [6.45, 7) is 2.53. The van der Waals surface area contributed by atoms with Gasteiger partial charge >= 0.3 is 0 Å². The molecule has 0 spiro atoms. The van der Waals surface area contributed by atoms with E-state index in [2.05, 4.69) is 33.8 Å². The van der Waals surface area contributed by atoms with Gasteiger partial charge in [0.1, 0.15) is 0 Å². The molecule has 0 bridgehead atoms. The van der Waals surface area contributed by atoms with Crippen molar-refractivity contribution in [1.82, 2.24) is 10.6 Å². The van der Waals surface area contributed by atoms with Gasteiger partial charge in [0.25, 0.3) is 0 Å². The Balaban J connectivity index is 0.00000272. The van der Waals surface area contributed by atoms with Gasteiger partial charge in [0.2, 0.25) is 12.7 Å². The predicted octanol–water partition coefficient (Wildman–Crippen LogP) is 3.46. The molecule has 0 radical (unpaired) electrons. The van der Waals surface area contributed by atoms with E-state index in [0.29, 0.717) is 19.8 Å². The molecule has 0 atom stereocenters. The molecule has 2 heterocycles. The summed E-state index contributed by atoms with van der Waals surface area (Å²) in [4.78, 5) is 18.2. The van der Waals surface area contributed by atoms with Crippen molar-refractivity contribution in [3.8, 4) is 11.5 Å². The van der Waals surface area contributed by atoms with Crippen LogP contribution in [-0.4, -0.2) is 38.8 Å². The third kappa shape index (κ3) is 6.03. The molecule has 1 amide bonds. The standard InChI is InChI=1S/C23H28N4O3.HI/c1-24-23(25-12-11-17-7-10-20-21(14-17)30-16-29-20)26-15-18-5-8-19(9-6-18)27-13-3-2-4-22(27)28;/h5-10,14H,2-4,11-13,15-16H2,1H3,(H2,24,25,26);1H. The van der Waals surface area contributed by atoms with Crippen LogP contribution < -0.4 is 25.0 Å². The van der Waals surface area contributed by atoms with E-state index in [1.54, 1.807) is 7.05 Å². The largest absolute Gasteiger partial charge is 0.454 e. The number of nitrogens with one attached hydrogen (secondary N) is 2. The van der Waals surface area contributed by atoms with Crippen molar-refractivity contribution in [3.63, 3.8) is 0 Å². The van der Waals surface area contributed by atoms with Crippen LogP contribution in [0.1, 0.15) is 30.4 Å². The van der Waals surface area contributed by atoms with Crippen molar-refractivity contribution in [2.45, 2.75) is 32.2 Å². The Hall–Kier alpha value is -2.49. The molecule has 0 aromatic heterocycles. The van der Waals surface area contributed by atoms with Gasteiger partial charge in [-0.15, -0.1) is 24.0 Å². The highest BCUT2D eigenvalue weighted by atomic mass is 127. The highest BCUT2D eigenvalue weighted by Crippen LogP contribution is 2.32. The Morgan fingerprint density at radius 1 is 1.03 bits per heavy atom. The predicted molar refractivity (Wildman–Crippen MR) is 133 cm³/mol. The number of rotatable bonds is 6. The van der Waals surface area contributed by atoms with Crippen molar-refractivity contribution in [3.05, 3.63) is 53.6 Å². The van der Waals surface area contributed by atoms with Crippen LogP contribution in [0.5, 0.6) is 11.5 Å². The highest BCUT2D eigenvalue weighted by Gasteiger charge is 2.19. The minimum absolute atomic E-state index is 0. The van der Waals surface area contributed by atoms with Gasteiger partial charge in [-0.2, -0.15) is 0 Å². The number of aliphatic imine (C=N–C) groups is 1. The van der Waals surface area contributed by atoms with E-state index in [9.17, 15) is 4.79 Å². The monoisotopic (exact) mass is 536 g/mol. The minimum atomic E-state index is 0. The minimum Gasteiger partial charge on any atom is -0.454 e. The van der Waals surface area contributed by atoms with Gasteiger partial charge in [-0.05, 0) is 54.7 Å². The fourth-order valence-electron chi connectivity index (χ4n) is 3.70. The number of nitrogens with zero attached hydrogens (tertiary/aromatic N) is 2. The van der Waals surface area contributed by atoms with E-state index in [-0.39, 0.29) is 29.9 Å². The van der Waals surface area contributed by atoms with Crippen LogP contribution in [0.25, 0.3) is 0 Å². The molecule has 0 unspecified atom stereocenters. The number of guanidine groups is 1. The summed E-state index contributed by atoms with van der Waals surface area (Å²) in [6, 6.07) is 14.2. The maximum atomic E-state index is 12.1. The highest BCUT2D eigenvalue weighted by molar-refractivity contribution is 14.0. The topological polar surface area (TPSA) is 75.2 Å². The zero-order valence-corrected chi connectivity index (χ0v) is 20.1. The number of fused-ring (bicyclic) bond motifs is 1. The number of hydrogen-bond donors (Lipinski definition) is 2. The number of carbonyl (C=O) groups is 1. The molecule has 1 fully saturated rings. The summed E-state index contributed by atoms with van der Waals surface area (Å²) in [5.41, 5.74) is 3.31. The molecule has 31 heavy (non-hydrogen) atoms. The molecule has 2 aliphatic heterocycles. The summed E-state index contributed by atoms with van der Waals surface area (Å²) in [7, 11) is 1.76. The molecule has 2 aromatic rings. The maximum absolute atomic E-state index is 12.1. The van der Waals surface area contributed by atoms with Crippen molar-refractivity contribution in [2.75, 3.05) is 31.8 Å². The first-order chi connectivity index (χ1) is 14.7. The van der Waals surface area contributed by atoms with Crippen LogP contribution >= 0.6 is 24.0 Å². The Labute approximate surface area is 200 Å². The second-order valence-corrected chi connectivity index (χ2v) is 7.46. The maximum Gasteiger partial charge on any atom is 0.231 e. The molecular formula is C23H29IN4O3. The number of ether oxygens (including phenoxy) is 2. The SMILES string of the molecule is CN=C(NCCc1ccc2c(c1)OCO2)NCc1ccc(N2CCCCC2=O)cc1.I. The van der Waals surface area contributed by atoms with Gasteiger partial charge in [-0.1, -0.05) is 18.2 Å². The van der Waals surface area contributed by atoms with Crippen LogP contribution in [0.15, 0.2) is 47.5 Å². The van der Waals surface area contributed by atoms with Crippen LogP contribution in [-0.2, 0) is 17.8 Å². The van der Waals surface area contributed by atoms with E-state index >= 15 is 0 Å². The van der Waals surface area contributed by atoms with Crippen molar-refractivity contribution in [1.29, 1.82) is 0 Å². The molecule has 2 aliphatic rings. The molecule has 8 heteroatoms. The molecule has 0 aliphatic carbocycles. The molecule has 7 nitrogen and oxygen atoms in total. The first kappa shape index (κ1) is 23.2. The number of hydrogen-bond acceptors (Lipinski definition) is 4. The summed E-state index contributed by atoms with van der Waals surface area (Å²) in [5, 5.41) is 6.67. The van der Waals surface area contributed by atoms with Gasteiger partial charge in [0.15, 0.2) is 17.5 Å². The fourth-order valence-corrected chi connectivity index (χ4v) is 3.70. The third-order valence-electron chi connectivity index (χ3n) is 5.40. The molecular weight excluding hydrogens is 507 g/mol. The lowest BCUT2D eigenvalue weighted by Crippen LogP contribution is -2.38. The molecule has 4 rings (SSSR count). The van der Waals surface area contributed by atoms with Gasteiger partial charge in [-0.25, -0.2) is 0 Å². The van der Waals surface area contributed by atoms with Crippen molar-refractivity contribution < 1.29 is 14.3 Å². The van der Waals surface area contributed by atoms with E-state index in [0.717, 1.165) is 61.1 Å². The number of piperidine rings is 1. The third-order valence-corrected chi connectivity index (χ3v) is 5.40. The summed E-state index contributed by atoms with van der Waals surface area (Å²) >= 11 is 0. The number of halogens is 1. The number of benzene rings is 2. The molecule has 1 saturated heterocycles. The number of amides is 1. The Morgan fingerprint density at radius 2 is 1.81 bits per heavy atom. The van der Waals surface area contributed by atoms with Crippen molar-refractivity contribution >= 4 is 41.5 Å². The first-order valence-corrected chi connectivity index (χ1v) is 10.5. The number of carbonyl (C=O) groups excluding carboxylic acids is 1. The molecule has 166 valence electrons. The van der Waals surface area contributed by atoms with Crippen molar-refractivity contribution in [2.24, 2.45) is 4.99 Å². The van der Waals surface area contributed by atoms with E-state index < -0.39 is 0 Å². The summed E-state index contributed by atoms with van der Waals surface area (Å²) in [5.74, 6) is 2.59. The van der Waals surface area contributed by atoms with Crippen LogP contribution in [0.4, 0.5) is 5.69 Å². The molecule has 2 aromatic carbocycles. The summed E-state index contributed by atoms with van der Waals surface area (Å²) < 4.78 is 10.8. The fraction of sp³-hybridized carbons (Fsp3) is 0.391. The average molecular weight is 536 g/mol. The summed E-state index contributed by atoms with van der Waals surface area (Å²) in [6.07, 6.45) is 3.58. The zero-order valence-electron chi connectivity index (χ0n) is 17.7. The Morgan fingerprint density at radius 3 is 2.58 bits per heavy atom. The average Bonchev–Trinajstić information content (AvgIpc) is 3.25. The first-order valence-electron chi connectivity index (χ1n) is 10.5. The number of anilines is 1. The molecule has 0 saturated carbocycles. The lowest BCUT2D eigenvalue weighted by atomic mass is 10.1. The van der Waals surface area contributed by atoms with Gasteiger partial charge in [-0.3, -0.25) is 9.79 Å². The van der Waals surface area contributed by atoms with Gasteiger partial charge in [0, 0.05) is 38.8 Å². The second kappa shape index (κ2) is 11.2. The van der Waals surface area contributed by atoms with Gasteiger partial charge < -0.3 is 25.0 Å². The lowest BCUT2D eigenvalue weighted by Gasteiger charge is -2.26. The van der Waals surface area contributed by atoms with E-state index in [1.165, 1.54) is 5.56 Å². The Bertz CT molecular complexity index is 918. The lowest BCUT2D eigenvalue weighted by molar-refractivity contribution is -0.119. The van der Waals surface area contributed by atoms with E-state index in [1.807, 2.05) is 29.2 Å². The van der Waals surface area contributed by atoms with E-state index in [4.69, 9.17) is 9.47 Å². The smallest absolute Gasteiger partial charge is 0.231 e.